The Bertz CT molecular complexity index is 994. The van der Waals surface area contributed by atoms with Crippen LogP contribution in [0, 0.1) is 5.92 Å². The summed E-state index contributed by atoms with van der Waals surface area (Å²) in [6.07, 6.45) is 15.9. The number of amides is 1. The molecule has 0 saturated heterocycles. The molecule has 3 aliphatic carbocycles. The zero-order valence-corrected chi connectivity index (χ0v) is 26.4. The summed E-state index contributed by atoms with van der Waals surface area (Å²) in [6, 6.07) is 0.266. The fraction of sp³-hybridized carbons (Fsp3) is 0.829. The van der Waals surface area contributed by atoms with Crippen LogP contribution in [0.3, 0.4) is 0 Å². The first-order chi connectivity index (χ1) is 19.7. The minimum atomic E-state index is -0.814. The van der Waals surface area contributed by atoms with E-state index in [1.54, 1.807) is 0 Å². The van der Waals surface area contributed by atoms with Gasteiger partial charge in [0.2, 0.25) is 0 Å². The number of nitrogens with one attached hydrogen (secondary N) is 1. The summed E-state index contributed by atoms with van der Waals surface area (Å²) in [4.78, 5) is 25.8. The molecule has 0 radical (unpaired) electrons. The van der Waals surface area contributed by atoms with Gasteiger partial charge in [0, 0.05) is 30.4 Å². The number of Topliss-reactive ketones (excluding diaryl/α,β-unsaturated/α-hetero) is 1. The zero-order valence-electron chi connectivity index (χ0n) is 26.4. The van der Waals surface area contributed by atoms with E-state index in [1.807, 2.05) is 0 Å². The molecule has 0 aliphatic heterocycles. The van der Waals surface area contributed by atoms with Crippen molar-refractivity contribution in [2.24, 2.45) is 5.92 Å². The highest BCUT2D eigenvalue weighted by Gasteiger charge is 2.37. The van der Waals surface area contributed by atoms with Gasteiger partial charge in [0.25, 0.3) is 5.91 Å². The molecule has 0 spiro atoms. The maximum Gasteiger partial charge on any atom is 0.253 e. The van der Waals surface area contributed by atoms with Crippen LogP contribution in [0.4, 0.5) is 0 Å². The lowest BCUT2D eigenvalue weighted by atomic mass is 9.75. The molecule has 6 nitrogen and oxygen atoms in total. The largest absolute Gasteiger partial charge is 0.393 e. The second-order valence-electron chi connectivity index (χ2n) is 14.2. The van der Waals surface area contributed by atoms with Gasteiger partial charge in [-0.05, 0) is 87.5 Å². The Balaban J connectivity index is 1.75. The fourth-order valence-corrected chi connectivity index (χ4v) is 8.16. The van der Waals surface area contributed by atoms with Crippen LogP contribution in [0.25, 0.3) is 0 Å². The van der Waals surface area contributed by atoms with E-state index in [1.165, 1.54) is 69.5 Å². The number of rotatable bonds is 12. The third-order valence-electron chi connectivity index (χ3n) is 10.3. The van der Waals surface area contributed by atoms with Gasteiger partial charge in [0.1, 0.15) is 5.78 Å². The van der Waals surface area contributed by atoms with Crippen molar-refractivity contribution in [3.05, 3.63) is 22.5 Å². The molecule has 6 heteroatoms. The summed E-state index contributed by atoms with van der Waals surface area (Å²) < 4.78 is 2.46. The van der Waals surface area contributed by atoms with E-state index in [9.17, 15) is 19.8 Å². The van der Waals surface area contributed by atoms with Gasteiger partial charge in [-0.15, -0.1) is 0 Å². The number of nitrogens with zero attached hydrogens (tertiary/aromatic N) is 1. The summed E-state index contributed by atoms with van der Waals surface area (Å²) in [5, 5.41) is 24.8. The molecular formula is C35H58N2O4. The Labute approximate surface area is 249 Å². The second-order valence-corrected chi connectivity index (χ2v) is 14.2. The molecule has 2 atom stereocenters. The normalized spacial score (nSPS) is 24.4. The van der Waals surface area contributed by atoms with Crippen molar-refractivity contribution in [2.75, 3.05) is 0 Å². The number of aliphatic hydroxyl groups is 2. The van der Waals surface area contributed by atoms with Gasteiger partial charge < -0.3 is 20.1 Å². The highest BCUT2D eigenvalue weighted by atomic mass is 16.3. The van der Waals surface area contributed by atoms with E-state index >= 15 is 0 Å². The second kappa shape index (κ2) is 15.2. The van der Waals surface area contributed by atoms with E-state index < -0.39 is 12.2 Å². The molecule has 0 aromatic carbocycles. The third kappa shape index (κ3) is 8.46. The third-order valence-corrected chi connectivity index (χ3v) is 10.3. The lowest BCUT2D eigenvalue weighted by Gasteiger charge is -2.32. The van der Waals surface area contributed by atoms with Crippen LogP contribution in [0.2, 0.25) is 0 Å². The molecule has 3 N–H and O–H groups in total. The Morgan fingerprint density at radius 3 is 2.05 bits per heavy atom. The molecule has 232 valence electrons. The topological polar surface area (TPSA) is 91.6 Å². The molecule has 1 amide bonds. The standard InChI is InChI=1S/C35H58N2O4/c1-23(2)33-32(35(41)36-28-13-9-6-10-14-28)31(26-11-7-5-8-12-26)34(27-17-15-24(3)16-18-27)37(33)20-19-29(39)22-30(40)21-25(4)38/h23-24,26-30,39-40H,5-22H2,1-4H3,(H,36,41). The predicted octanol–water partition coefficient (Wildman–Crippen LogP) is 7.50. The molecule has 0 bridgehead atoms. The quantitative estimate of drug-likeness (QED) is 0.243. The molecule has 4 rings (SSSR count). The maximum atomic E-state index is 14.3. The van der Waals surface area contributed by atoms with Gasteiger partial charge in [0.05, 0.1) is 17.8 Å². The van der Waals surface area contributed by atoms with Crippen LogP contribution in [-0.4, -0.2) is 44.7 Å². The van der Waals surface area contributed by atoms with Gasteiger partial charge in [-0.3, -0.25) is 9.59 Å². The maximum absolute atomic E-state index is 14.3. The lowest BCUT2D eigenvalue weighted by molar-refractivity contribution is -0.119. The molecule has 1 aromatic rings. The van der Waals surface area contributed by atoms with Gasteiger partial charge in [-0.25, -0.2) is 0 Å². The Hall–Kier alpha value is -1.66. The average Bonchev–Trinajstić information content (AvgIpc) is 3.28. The predicted molar refractivity (Wildman–Crippen MR) is 166 cm³/mol. The van der Waals surface area contributed by atoms with Crippen molar-refractivity contribution in [1.82, 2.24) is 9.88 Å². The van der Waals surface area contributed by atoms with Crippen LogP contribution in [-0.2, 0) is 11.3 Å². The van der Waals surface area contributed by atoms with Crippen molar-refractivity contribution in [2.45, 2.75) is 179 Å². The van der Waals surface area contributed by atoms with Crippen molar-refractivity contribution in [1.29, 1.82) is 0 Å². The number of aliphatic hydroxyl groups excluding tert-OH is 2. The highest BCUT2D eigenvalue weighted by molar-refractivity contribution is 5.98. The summed E-state index contributed by atoms with van der Waals surface area (Å²) >= 11 is 0. The number of hydrogen-bond acceptors (Lipinski definition) is 4. The van der Waals surface area contributed by atoms with Crippen LogP contribution >= 0.6 is 0 Å². The minimum Gasteiger partial charge on any atom is -0.393 e. The Kier molecular flexibility index (Phi) is 11.9. The van der Waals surface area contributed by atoms with E-state index in [-0.39, 0.29) is 36.5 Å². The first kappa shape index (κ1) is 32.3. The number of carbonyl (C=O) groups excluding carboxylic acids is 2. The summed E-state index contributed by atoms with van der Waals surface area (Å²) in [5.41, 5.74) is 4.83. The Morgan fingerprint density at radius 2 is 1.46 bits per heavy atom. The van der Waals surface area contributed by atoms with Crippen LogP contribution in [0.5, 0.6) is 0 Å². The molecule has 2 unspecified atom stereocenters. The van der Waals surface area contributed by atoms with Gasteiger partial charge in [-0.1, -0.05) is 72.1 Å². The van der Waals surface area contributed by atoms with Crippen molar-refractivity contribution in [3.8, 4) is 0 Å². The summed E-state index contributed by atoms with van der Waals surface area (Å²) in [5.74, 6) is 1.86. The lowest BCUT2D eigenvalue weighted by Crippen LogP contribution is -2.37. The summed E-state index contributed by atoms with van der Waals surface area (Å²) in [7, 11) is 0. The highest BCUT2D eigenvalue weighted by Crippen LogP contribution is 2.47. The van der Waals surface area contributed by atoms with E-state index in [4.69, 9.17) is 0 Å². The average molecular weight is 571 g/mol. The van der Waals surface area contributed by atoms with Gasteiger partial charge in [0.15, 0.2) is 0 Å². The molecule has 1 aromatic heterocycles. The van der Waals surface area contributed by atoms with Crippen LogP contribution in [0.1, 0.15) is 182 Å². The first-order valence-corrected chi connectivity index (χ1v) is 17.1. The first-order valence-electron chi connectivity index (χ1n) is 17.1. The smallest absolute Gasteiger partial charge is 0.253 e. The molecule has 3 fully saturated rings. The number of hydrogen-bond donors (Lipinski definition) is 3. The van der Waals surface area contributed by atoms with Crippen LogP contribution < -0.4 is 5.32 Å². The van der Waals surface area contributed by atoms with E-state index in [2.05, 4.69) is 30.7 Å². The summed E-state index contributed by atoms with van der Waals surface area (Å²) in [6.45, 7) is 8.91. The number of carbonyl (C=O) groups is 2. The molecular weight excluding hydrogens is 512 g/mol. The fourth-order valence-electron chi connectivity index (χ4n) is 8.16. The van der Waals surface area contributed by atoms with Crippen molar-refractivity contribution >= 4 is 11.7 Å². The van der Waals surface area contributed by atoms with E-state index in [0.29, 0.717) is 24.8 Å². The van der Waals surface area contributed by atoms with Crippen molar-refractivity contribution in [3.63, 3.8) is 0 Å². The monoisotopic (exact) mass is 570 g/mol. The molecule has 1 heterocycles. The zero-order chi connectivity index (χ0) is 29.5. The SMILES string of the molecule is CC(=O)CC(O)CC(O)CCn1c(C(C)C)c(C(=O)NC2CCCCC2)c(C2CCCCC2)c1C1CCC(C)CC1. The Morgan fingerprint density at radius 1 is 0.854 bits per heavy atom. The number of aromatic nitrogens is 1. The van der Waals surface area contributed by atoms with Crippen LogP contribution in [0.15, 0.2) is 0 Å². The number of ketones is 1. The minimum absolute atomic E-state index is 0.0586. The molecule has 41 heavy (non-hydrogen) atoms. The molecule has 3 aliphatic rings. The van der Waals surface area contributed by atoms with Crippen molar-refractivity contribution < 1.29 is 19.8 Å². The van der Waals surface area contributed by atoms with E-state index in [0.717, 1.165) is 55.7 Å². The van der Waals surface area contributed by atoms with Gasteiger partial charge >= 0.3 is 0 Å². The van der Waals surface area contributed by atoms with Gasteiger partial charge in [-0.2, -0.15) is 0 Å². The molecule has 3 saturated carbocycles.